The van der Waals surface area contributed by atoms with Gasteiger partial charge in [0.05, 0.1) is 23.5 Å². The molecule has 2 aromatic rings. The van der Waals surface area contributed by atoms with Crippen LogP contribution in [0.2, 0.25) is 0 Å². The third-order valence-corrected chi connectivity index (χ3v) is 2.86. The fourth-order valence-corrected chi connectivity index (χ4v) is 1.79. The van der Waals surface area contributed by atoms with Crippen molar-refractivity contribution in [2.24, 2.45) is 0 Å². The van der Waals surface area contributed by atoms with E-state index in [4.69, 9.17) is 15.2 Å². The Labute approximate surface area is 113 Å². The van der Waals surface area contributed by atoms with E-state index in [0.29, 0.717) is 21.8 Å². The van der Waals surface area contributed by atoms with Crippen molar-refractivity contribution < 1.29 is 9.47 Å². The second-order valence-corrected chi connectivity index (χ2v) is 4.46. The monoisotopic (exact) mass is 309 g/mol. The third kappa shape index (κ3) is 2.53. The van der Waals surface area contributed by atoms with Crippen LogP contribution < -0.4 is 15.2 Å². The number of benzene rings is 1. The lowest BCUT2D eigenvalue weighted by Gasteiger charge is -2.10. The molecule has 5 nitrogen and oxygen atoms in total. The maximum atomic E-state index is 5.85. The van der Waals surface area contributed by atoms with Gasteiger partial charge in [0, 0.05) is 0 Å². The van der Waals surface area contributed by atoms with E-state index >= 15 is 0 Å². The van der Waals surface area contributed by atoms with Gasteiger partial charge in [-0.05, 0) is 34.5 Å². The van der Waals surface area contributed by atoms with E-state index in [1.165, 1.54) is 7.11 Å². The smallest absolute Gasteiger partial charge is 0.325 e. The number of methoxy groups -OCH3 is 1. The molecule has 0 amide bonds. The number of nitrogens with two attached hydrogens (primary N) is 1. The number of anilines is 1. The first-order chi connectivity index (χ1) is 8.61. The van der Waals surface area contributed by atoms with Crippen molar-refractivity contribution in [1.82, 2.24) is 9.97 Å². The van der Waals surface area contributed by atoms with Gasteiger partial charge >= 0.3 is 6.01 Å². The van der Waals surface area contributed by atoms with Gasteiger partial charge in [-0.1, -0.05) is 12.1 Å². The zero-order chi connectivity index (χ0) is 13.1. The normalized spacial score (nSPS) is 10.2. The van der Waals surface area contributed by atoms with Crippen LogP contribution in [-0.2, 0) is 0 Å². The first-order valence-corrected chi connectivity index (χ1v) is 6.00. The lowest BCUT2D eigenvalue weighted by molar-refractivity contribution is 0.373. The number of aryl methyl sites for hydroxylation is 1. The van der Waals surface area contributed by atoms with E-state index in [2.05, 4.69) is 25.9 Å². The Morgan fingerprint density at radius 2 is 2.11 bits per heavy atom. The molecule has 2 N–H and O–H groups in total. The second kappa shape index (κ2) is 5.22. The largest absolute Gasteiger partial charge is 0.480 e. The summed E-state index contributed by atoms with van der Waals surface area (Å²) < 4.78 is 11.3. The summed E-state index contributed by atoms with van der Waals surface area (Å²) >= 11 is 3.27. The summed E-state index contributed by atoms with van der Waals surface area (Å²) in [5.74, 6) is 0.967. The number of ether oxygens (including phenoxy) is 2. The van der Waals surface area contributed by atoms with E-state index in [9.17, 15) is 0 Å². The summed E-state index contributed by atoms with van der Waals surface area (Å²) in [6.07, 6.45) is 1.57. The highest BCUT2D eigenvalue weighted by Crippen LogP contribution is 2.31. The van der Waals surface area contributed by atoms with Crippen LogP contribution in [0.15, 0.2) is 28.9 Å². The van der Waals surface area contributed by atoms with Gasteiger partial charge in [-0.15, -0.1) is 0 Å². The quantitative estimate of drug-likeness (QED) is 0.883. The van der Waals surface area contributed by atoms with Crippen molar-refractivity contribution in [3.8, 4) is 17.6 Å². The zero-order valence-electron chi connectivity index (χ0n) is 9.98. The zero-order valence-corrected chi connectivity index (χ0v) is 11.6. The molecular formula is C12H12BrN3O2. The lowest BCUT2D eigenvalue weighted by atomic mass is 10.2. The van der Waals surface area contributed by atoms with Gasteiger partial charge in [0.1, 0.15) is 0 Å². The summed E-state index contributed by atoms with van der Waals surface area (Å²) in [4.78, 5) is 8.16. The Morgan fingerprint density at radius 1 is 1.33 bits per heavy atom. The van der Waals surface area contributed by atoms with Crippen molar-refractivity contribution in [3.63, 3.8) is 0 Å². The molecule has 0 saturated heterocycles. The summed E-state index contributed by atoms with van der Waals surface area (Å²) in [5.41, 5.74) is 7.31. The summed E-state index contributed by atoms with van der Waals surface area (Å²) in [5, 5.41) is 0. The number of hydrogen-bond acceptors (Lipinski definition) is 5. The van der Waals surface area contributed by atoms with Crippen molar-refractivity contribution in [3.05, 3.63) is 34.4 Å². The number of para-hydroxylation sites is 1. The summed E-state index contributed by atoms with van der Waals surface area (Å²) in [7, 11) is 1.53. The molecule has 0 unspecified atom stereocenters. The van der Waals surface area contributed by atoms with Crippen LogP contribution in [0.3, 0.4) is 0 Å². The first-order valence-electron chi connectivity index (χ1n) is 5.21. The molecule has 94 valence electrons. The van der Waals surface area contributed by atoms with Gasteiger partial charge < -0.3 is 15.2 Å². The van der Waals surface area contributed by atoms with E-state index < -0.39 is 0 Å². The predicted octanol–water partition coefficient (Wildman–Crippen LogP) is 2.93. The van der Waals surface area contributed by atoms with Crippen LogP contribution >= 0.6 is 15.9 Å². The van der Waals surface area contributed by atoms with Gasteiger partial charge in [0.2, 0.25) is 5.88 Å². The molecule has 1 heterocycles. The third-order valence-electron chi connectivity index (χ3n) is 2.32. The van der Waals surface area contributed by atoms with Crippen molar-refractivity contribution in [2.75, 3.05) is 12.8 Å². The van der Waals surface area contributed by atoms with Gasteiger partial charge in [-0.25, -0.2) is 4.98 Å². The molecule has 0 radical (unpaired) electrons. The van der Waals surface area contributed by atoms with E-state index in [-0.39, 0.29) is 6.01 Å². The molecule has 2 rings (SSSR count). The first kappa shape index (κ1) is 12.6. The molecule has 0 atom stereocenters. The van der Waals surface area contributed by atoms with Crippen molar-refractivity contribution in [1.29, 1.82) is 0 Å². The Bertz CT molecular complexity index is 555. The van der Waals surface area contributed by atoms with Crippen molar-refractivity contribution >= 4 is 21.6 Å². The minimum absolute atomic E-state index is 0.191. The Kier molecular flexibility index (Phi) is 3.66. The molecule has 0 bridgehead atoms. The average Bonchev–Trinajstić information content (AvgIpc) is 2.36. The number of aromatic nitrogens is 2. The maximum absolute atomic E-state index is 5.85. The molecule has 0 aliphatic carbocycles. The molecule has 18 heavy (non-hydrogen) atoms. The highest BCUT2D eigenvalue weighted by molar-refractivity contribution is 9.10. The van der Waals surface area contributed by atoms with Gasteiger partial charge in [-0.2, -0.15) is 4.98 Å². The molecule has 0 aliphatic rings. The standard InChI is InChI=1S/C12H12BrN3O2/c1-7-4-3-5-9(14)10(7)18-12-15-6-8(13)11(16-12)17-2/h3-6H,14H2,1-2H3. The molecule has 1 aromatic carbocycles. The molecule has 6 heteroatoms. The molecular weight excluding hydrogens is 298 g/mol. The topological polar surface area (TPSA) is 70.3 Å². The van der Waals surface area contributed by atoms with Crippen LogP contribution in [-0.4, -0.2) is 17.1 Å². The minimum atomic E-state index is 0.191. The van der Waals surface area contributed by atoms with Crippen LogP contribution in [0.4, 0.5) is 5.69 Å². The van der Waals surface area contributed by atoms with Gasteiger partial charge in [0.15, 0.2) is 5.75 Å². The number of hydrogen-bond donors (Lipinski definition) is 1. The molecule has 0 fully saturated rings. The Morgan fingerprint density at radius 3 is 2.78 bits per heavy atom. The highest BCUT2D eigenvalue weighted by Gasteiger charge is 2.10. The molecule has 0 spiro atoms. The number of nitrogens with zero attached hydrogens (tertiary/aromatic N) is 2. The van der Waals surface area contributed by atoms with Gasteiger partial charge in [0.25, 0.3) is 0 Å². The van der Waals surface area contributed by atoms with E-state index in [0.717, 1.165) is 5.56 Å². The van der Waals surface area contributed by atoms with Crippen LogP contribution in [0.5, 0.6) is 17.6 Å². The minimum Gasteiger partial charge on any atom is -0.480 e. The van der Waals surface area contributed by atoms with Crippen LogP contribution in [0, 0.1) is 6.92 Å². The average molecular weight is 310 g/mol. The van der Waals surface area contributed by atoms with Gasteiger partial charge in [-0.3, -0.25) is 0 Å². The van der Waals surface area contributed by atoms with E-state index in [1.807, 2.05) is 19.1 Å². The number of nitrogen functional groups attached to an aromatic ring is 1. The Hall–Kier alpha value is -1.82. The fraction of sp³-hybridized carbons (Fsp3) is 0.167. The highest BCUT2D eigenvalue weighted by atomic mass is 79.9. The number of halogens is 1. The molecule has 0 saturated carbocycles. The number of rotatable bonds is 3. The Balaban J connectivity index is 2.34. The van der Waals surface area contributed by atoms with Crippen molar-refractivity contribution in [2.45, 2.75) is 6.92 Å². The predicted molar refractivity (Wildman–Crippen MR) is 71.9 cm³/mol. The van der Waals surface area contributed by atoms with E-state index in [1.54, 1.807) is 12.3 Å². The fourth-order valence-electron chi connectivity index (χ4n) is 1.43. The summed E-state index contributed by atoms with van der Waals surface area (Å²) in [6, 6.07) is 5.72. The second-order valence-electron chi connectivity index (χ2n) is 3.61. The lowest BCUT2D eigenvalue weighted by Crippen LogP contribution is -1.99. The summed E-state index contributed by atoms with van der Waals surface area (Å²) in [6.45, 7) is 1.90. The maximum Gasteiger partial charge on any atom is 0.325 e. The molecule has 0 aliphatic heterocycles. The SMILES string of the molecule is COc1nc(Oc2c(C)cccc2N)ncc1Br. The molecule has 1 aromatic heterocycles. The van der Waals surface area contributed by atoms with Crippen LogP contribution in [0.1, 0.15) is 5.56 Å². The van der Waals surface area contributed by atoms with Crippen LogP contribution in [0.25, 0.3) is 0 Å².